The second-order valence-corrected chi connectivity index (χ2v) is 15.5. The summed E-state index contributed by atoms with van der Waals surface area (Å²) in [4.78, 5) is 68.1. The van der Waals surface area contributed by atoms with E-state index in [1.54, 1.807) is 91.0 Å². The Hall–Kier alpha value is -7.37. The monoisotopic (exact) mass is 873 g/mol. The number of rotatable bonds is 19. The fourth-order valence-electron chi connectivity index (χ4n) is 6.08. The number of benzene rings is 5. The average Bonchev–Trinajstić information content (AvgIpc) is 3.71. The van der Waals surface area contributed by atoms with Gasteiger partial charge in [-0.1, -0.05) is 127 Å². The largest absolute Gasteiger partial charge is 0.508 e. The van der Waals surface area contributed by atoms with Gasteiger partial charge in [0.15, 0.2) is 3.95 Å². The van der Waals surface area contributed by atoms with Crippen LogP contribution in [-0.4, -0.2) is 63.7 Å². The molecule has 3 atom stereocenters. The quantitative estimate of drug-likeness (QED) is 0.0496. The van der Waals surface area contributed by atoms with Crippen LogP contribution in [0, 0.1) is 3.95 Å². The van der Waals surface area contributed by atoms with Gasteiger partial charge in [0.25, 0.3) is 5.91 Å². The Morgan fingerprint density at radius 2 is 1.19 bits per heavy atom. The van der Waals surface area contributed by atoms with Crippen LogP contribution < -0.4 is 31.3 Å². The lowest BCUT2D eigenvalue weighted by molar-refractivity contribution is -0.133. The van der Waals surface area contributed by atoms with Crippen molar-refractivity contribution < 1.29 is 38.6 Å². The van der Waals surface area contributed by atoms with Crippen LogP contribution in [0.1, 0.15) is 33.9 Å². The van der Waals surface area contributed by atoms with Crippen molar-refractivity contribution in [3.8, 4) is 11.5 Å². The van der Waals surface area contributed by atoms with Crippen LogP contribution in [0.4, 0.5) is 9.93 Å². The van der Waals surface area contributed by atoms with Gasteiger partial charge in [-0.25, -0.2) is 4.79 Å². The first kappa shape index (κ1) is 44.2. The number of phenolic OH excluding ortho intramolecular Hbond substituents is 1. The molecule has 5 aromatic carbocycles. The maximum atomic E-state index is 14.4. The number of carbonyl (C=O) groups excluding carboxylic acids is 5. The highest BCUT2D eigenvalue weighted by molar-refractivity contribution is 7.73. The van der Waals surface area contributed by atoms with E-state index < -0.39 is 54.4 Å². The van der Waals surface area contributed by atoms with Crippen LogP contribution in [0.15, 0.2) is 140 Å². The van der Waals surface area contributed by atoms with E-state index in [1.165, 1.54) is 12.1 Å². The van der Waals surface area contributed by atoms with E-state index >= 15 is 0 Å². The number of hydrogen-bond donors (Lipinski definition) is 7. The molecule has 0 saturated heterocycles. The number of amides is 5. The number of alkyl carbamates (subject to hydrolysis) is 1. The van der Waals surface area contributed by atoms with Gasteiger partial charge in [-0.05, 0) is 64.3 Å². The fourth-order valence-corrected chi connectivity index (χ4v) is 6.87. The Bertz CT molecular complexity index is 2470. The molecular formula is C45H43N7O8S2. The molecule has 7 N–H and O–H groups in total. The predicted molar refractivity (Wildman–Crippen MR) is 234 cm³/mol. The molecule has 5 amide bonds. The number of aromatic nitrogens is 2. The number of nitrogens with zero attached hydrogens (tertiary/aromatic N) is 1. The number of anilines is 1. The van der Waals surface area contributed by atoms with Crippen molar-refractivity contribution in [2.45, 2.75) is 44.2 Å². The van der Waals surface area contributed by atoms with Crippen LogP contribution in [0.2, 0.25) is 0 Å². The van der Waals surface area contributed by atoms with E-state index in [-0.39, 0.29) is 30.3 Å². The van der Waals surface area contributed by atoms with Gasteiger partial charge in [-0.15, -0.1) is 5.10 Å². The zero-order valence-corrected chi connectivity index (χ0v) is 34.7. The lowest BCUT2D eigenvalue weighted by atomic mass is 10.0. The van der Waals surface area contributed by atoms with Crippen molar-refractivity contribution in [2.75, 3.05) is 11.9 Å². The lowest BCUT2D eigenvalue weighted by Gasteiger charge is -2.26. The molecule has 1 unspecified atom stereocenters. The summed E-state index contributed by atoms with van der Waals surface area (Å²) in [5, 5.41) is 30.0. The molecule has 0 aliphatic carbocycles. The Labute approximate surface area is 365 Å². The van der Waals surface area contributed by atoms with E-state index in [0.717, 1.165) is 22.5 Å². The molecule has 1 aromatic heterocycles. The summed E-state index contributed by atoms with van der Waals surface area (Å²) >= 11 is 6.15. The highest BCUT2D eigenvalue weighted by atomic mass is 32.1. The minimum absolute atomic E-state index is 0.000186. The average molecular weight is 874 g/mol. The number of carbonyl (C=O) groups is 5. The molecule has 0 bridgehead atoms. The highest BCUT2D eigenvalue weighted by Crippen LogP contribution is 2.20. The van der Waals surface area contributed by atoms with Gasteiger partial charge in [0.2, 0.25) is 22.9 Å². The first-order valence-electron chi connectivity index (χ1n) is 19.4. The van der Waals surface area contributed by atoms with E-state index in [2.05, 4.69) is 36.8 Å². The molecule has 0 radical (unpaired) electrons. The number of aromatic amines is 1. The number of hydrogen-bond acceptors (Lipinski definition) is 11. The molecule has 17 heteroatoms. The SMILES string of the molecule is O=C(CNC(=O)OCc1ccccc1)N[C@@H](Cc1ccc(O)cc1)C(=O)N[C@@H](Cc1ccc(OCc2ccccc2)cc1)C(=O)NC(C(=O)Nc1n[nH]c(=S)s1)c1ccccc1. The van der Waals surface area contributed by atoms with Gasteiger partial charge < -0.3 is 35.8 Å². The standard InChI is InChI=1S/C45H43N7O8S2/c53-34-20-16-29(17-21-34)24-36(47-38(54)26-46-44(58)60-28-32-12-6-2-7-13-32)40(55)48-37(25-30-18-22-35(23-19-30)59-27-31-10-4-1-5-11-31)41(56)49-39(33-14-8-3-9-15-33)42(57)50-43-51-52-45(61)62-43/h1-23,36-37,39,53H,24-28H2,(H,46,58)(H,47,54)(H,48,55)(H,49,56)(H,52,61)(H,50,51,57)/t36-,37-,39?/m0/s1. The van der Waals surface area contributed by atoms with Gasteiger partial charge in [-0.2, -0.15) is 0 Å². The zero-order valence-electron chi connectivity index (χ0n) is 33.1. The Kier molecular flexibility index (Phi) is 15.9. The van der Waals surface area contributed by atoms with Crippen molar-refractivity contribution >= 4 is 58.4 Å². The van der Waals surface area contributed by atoms with E-state index in [9.17, 15) is 29.1 Å². The Morgan fingerprint density at radius 3 is 1.79 bits per heavy atom. The number of ether oxygens (including phenoxy) is 2. The Morgan fingerprint density at radius 1 is 0.645 bits per heavy atom. The topological polar surface area (TPSA) is 213 Å². The van der Waals surface area contributed by atoms with E-state index in [0.29, 0.717) is 33.0 Å². The third-order valence-corrected chi connectivity index (χ3v) is 10.2. The summed E-state index contributed by atoms with van der Waals surface area (Å²) in [5.74, 6) is -2.19. The van der Waals surface area contributed by atoms with Crippen molar-refractivity contribution in [2.24, 2.45) is 0 Å². The third kappa shape index (κ3) is 13.9. The molecule has 6 rings (SSSR count). The van der Waals surface area contributed by atoms with Crippen molar-refractivity contribution in [3.63, 3.8) is 0 Å². The molecule has 318 valence electrons. The van der Waals surface area contributed by atoms with Crippen LogP contribution in [-0.2, 0) is 50.0 Å². The van der Waals surface area contributed by atoms with Crippen molar-refractivity contribution in [3.05, 3.63) is 171 Å². The van der Waals surface area contributed by atoms with E-state index in [4.69, 9.17) is 21.7 Å². The lowest BCUT2D eigenvalue weighted by Crippen LogP contribution is -2.56. The second-order valence-electron chi connectivity index (χ2n) is 13.8. The maximum Gasteiger partial charge on any atom is 0.407 e. The summed E-state index contributed by atoms with van der Waals surface area (Å²) in [5.41, 5.74) is 3.41. The molecule has 0 saturated carbocycles. The van der Waals surface area contributed by atoms with Gasteiger partial charge in [-0.3, -0.25) is 29.6 Å². The number of aromatic hydroxyl groups is 1. The summed E-state index contributed by atoms with van der Waals surface area (Å²) in [7, 11) is 0. The summed E-state index contributed by atoms with van der Waals surface area (Å²) in [6.07, 6.45) is -0.927. The molecule has 62 heavy (non-hydrogen) atoms. The summed E-state index contributed by atoms with van der Waals surface area (Å²) < 4.78 is 11.5. The van der Waals surface area contributed by atoms with Crippen molar-refractivity contribution in [1.82, 2.24) is 31.5 Å². The smallest absolute Gasteiger partial charge is 0.407 e. The molecule has 15 nitrogen and oxygen atoms in total. The molecule has 1 heterocycles. The molecule has 6 aromatic rings. The van der Waals surface area contributed by atoms with Crippen LogP contribution in [0.3, 0.4) is 0 Å². The minimum atomic E-state index is -1.28. The van der Waals surface area contributed by atoms with Crippen LogP contribution in [0.5, 0.6) is 11.5 Å². The number of nitrogens with one attached hydrogen (secondary N) is 6. The summed E-state index contributed by atoms with van der Waals surface area (Å²) in [6, 6.07) is 36.5. The van der Waals surface area contributed by atoms with Gasteiger partial charge >= 0.3 is 6.09 Å². The first-order valence-corrected chi connectivity index (χ1v) is 20.6. The molecule has 0 spiro atoms. The number of H-pyrrole nitrogens is 1. The molecule has 0 fully saturated rings. The van der Waals surface area contributed by atoms with E-state index in [1.807, 2.05) is 36.4 Å². The van der Waals surface area contributed by atoms with Gasteiger partial charge in [0.05, 0.1) is 0 Å². The molecule has 0 aliphatic rings. The second kappa shape index (κ2) is 22.3. The molecular weight excluding hydrogens is 831 g/mol. The third-order valence-electron chi connectivity index (χ3n) is 9.23. The first-order chi connectivity index (χ1) is 30.1. The highest BCUT2D eigenvalue weighted by Gasteiger charge is 2.31. The zero-order chi connectivity index (χ0) is 43.7. The Balaban J connectivity index is 1.21. The van der Waals surface area contributed by atoms with Gasteiger partial charge in [0, 0.05) is 12.8 Å². The van der Waals surface area contributed by atoms with Gasteiger partial charge in [0.1, 0.15) is 49.4 Å². The summed E-state index contributed by atoms with van der Waals surface area (Å²) in [6.45, 7) is -0.193. The predicted octanol–water partition coefficient (Wildman–Crippen LogP) is 5.66. The van der Waals surface area contributed by atoms with Crippen molar-refractivity contribution in [1.29, 1.82) is 0 Å². The minimum Gasteiger partial charge on any atom is -0.508 e. The fraction of sp³-hybridized carbons (Fsp3) is 0.178. The van der Waals surface area contributed by atoms with Crippen LogP contribution in [0.25, 0.3) is 0 Å². The molecule has 0 aliphatic heterocycles. The number of phenols is 1. The normalized spacial score (nSPS) is 12.1. The maximum absolute atomic E-state index is 14.4. The van der Waals surface area contributed by atoms with Crippen LogP contribution >= 0.6 is 23.6 Å².